The number of hydrogen-bond donors (Lipinski definition) is 1. The van der Waals surface area contributed by atoms with Gasteiger partial charge in [0.2, 0.25) is 5.89 Å². The fourth-order valence-electron chi connectivity index (χ4n) is 3.58. The minimum Gasteiger partial charge on any atom is -0.441 e. The number of aryl methyl sites for hydroxylation is 1. The Morgan fingerprint density at radius 2 is 2.26 bits per heavy atom. The van der Waals surface area contributed by atoms with E-state index in [0.29, 0.717) is 10.9 Å². The van der Waals surface area contributed by atoms with Crippen molar-refractivity contribution < 1.29 is 4.42 Å². The largest absolute Gasteiger partial charge is 0.441 e. The van der Waals surface area contributed by atoms with Crippen molar-refractivity contribution in [2.45, 2.75) is 32.2 Å². The summed E-state index contributed by atoms with van der Waals surface area (Å²) in [5.41, 5.74) is 2.57. The Bertz CT molecular complexity index is 997. The number of likely N-dealkylation sites (tertiary alicyclic amines) is 1. The average molecular weight is 385 g/mol. The second-order valence-electron chi connectivity index (χ2n) is 6.94. The molecule has 0 amide bonds. The third-order valence-electron chi connectivity index (χ3n) is 4.96. The molecule has 7 heteroatoms. The van der Waals surface area contributed by atoms with Crippen LogP contribution in [0.1, 0.15) is 35.9 Å². The zero-order chi connectivity index (χ0) is 18.8. The summed E-state index contributed by atoms with van der Waals surface area (Å²) >= 11 is 6.07. The number of oxazole rings is 1. The first-order valence-electron chi connectivity index (χ1n) is 9.08. The van der Waals surface area contributed by atoms with E-state index in [1.165, 1.54) is 6.33 Å². The van der Waals surface area contributed by atoms with Crippen LogP contribution in [-0.4, -0.2) is 32.9 Å². The van der Waals surface area contributed by atoms with E-state index in [1.807, 2.05) is 31.2 Å². The molecule has 0 saturated carbocycles. The molecule has 1 aliphatic rings. The maximum Gasteiger partial charge on any atom is 0.250 e. The molecule has 1 aliphatic heterocycles. The molecule has 3 heterocycles. The highest BCUT2D eigenvalue weighted by Gasteiger charge is 2.24. The van der Waals surface area contributed by atoms with Crippen molar-refractivity contribution in [2.24, 2.45) is 0 Å². The van der Waals surface area contributed by atoms with Crippen LogP contribution in [0.15, 0.2) is 45.9 Å². The van der Waals surface area contributed by atoms with E-state index >= 15 is 0 Å². The minimum absolute atomic E-state index is 0.101. The van der Waals surface area contributed by atoms with Gasteiger partial charge in [0.1, 0.15) is 5.76 Å². The molecule has 1 aromatic carbocycles. The Labute approximate surface area is 162 Å². The summed E-state index contributed by atoms with van der Waals surface area (Å²) in [4.78, 5) is 25.5. The van der Waals surface area contributed by atoms with Crippen molar-refractivity contribution in [1.82, 2.24) is 19.9 Å². The number of piperidine rings is 1. The van der Waals surface area contributed by atoms with E-state index in [0.717, 1.165) is 55.2 Å². The summed E-state index contributed by atoms with van der Waals surface area (Å²) in [5, 5.41) is 0.661. The van der Waals surface area contributed by atoms with Gasteiger partial charge in [0.15, 0.2) is 0 Å². The fraction of sp³-hybridized carbons (Fsp3) is 0.350. The summed E-state index contributed by atoms with van der Waals surface area (Å²) < 4.78 is 5.87. The number of nitrogens with zero attached hydrogens (tertiary/aromatic N) is 3. The summed E-state index contributed by atoms with van der Waals surface area (Å²) in [6.45, 7) is 4.51. The number of benzene rings is 1. The monoisotopic (exact) mass is 384 g/mol. The first-order valence-corrected chi connectivity index (χ1v) is 9.45. The van der Waals surface area contributed by atoms with Crippen molar-refractivity contribution in [3.05, 3.63) is 69.2 Å². The van der Waals surface area contributed by atoms with Gasteiger partial charge in [-0.3, -0.25) is 9.69 Å². The molecular weight excluding hydrogens is 364 g/mol. The van der Waals surface area contributed by atoms with E-state index < -0.39 is 0 Å². The van der Waals surface area contributed by atoms with E-state index in [2.05, 4.69) is 19.9 Å². The molecule has 1 fully saturated rings. The third-order valence-corrected chi connectivity index (χ3v) is 5.20. The maximum absolute atomic E-state index is 11.6. The van der Waals surface area contributed by atoms with Crippen LogP contribution in [0.25, 0.3) is 11.5 Å². The fourth-order valence-corrected chi connectivity index (χ4v) is 3.77. The Morgan fingerprint density at radius 3 is 3.07 bits per heavy atom. The second kappa shape index (κ2) is 7.66. The van der Waals surface area contributed by atoms with Crippen LogP contribution in [0.2, 0.25) is 5.02 Å². The number of halogens is 1. The van der Waals surface area contributed by atoms with Gasteiger partial charge >= 0.3 is 0 Å². The Kier molecular flexibility index (Phi) is 5.09. The van der Waals surface area contributed by atoms with Crippen LogP contribution < -0.4 is 5.56 Å². The van der Waals surface area contributed by atoms with Crippen LogP contribution in [0.3, 0.4) is 0 Å². The highest BCUT2D eigenvalue weighted by atomic mass is 35.5. The van der Waals surface area contributed by atoms with Gasteiger partial charge < -0.3 is 9.40 Å². The molecule has 2 aromatic heterocycles. The summed E-state index contributed by atoms with van der Waals surface area (Å²) in [6.07, 6.45) is 3.59. The molecule has 4 rings (SSSR count). The maximum atomic E-state index is 11.6. The highest BCUT2D eigenvalue weighted by Crippen LogP contribution is 2.28. The molecular formula is C20H21ClN4O2. The molecule has 1 N–H and O–H groups in total. The Hall–Kier alpha value is -2.44. The van der Waals surface area contributed by atoms with Crippen molar-refractivity contribution >= 4 is 11.6 Å². The lowest BCUT2D eigenvalue weighted by Crippen LogP contribution is -2.34. The van der Waals surface area contributed by atoms with Gasteiger partial charge in [-0.2, -0.15) is 0 Å². The zero-order valence-corrected chi connectivity index (χ0v) is 15.9. The van der Waals surface area contributed by atoms with Crippen molar-refractivity contribution in [1.29, 1.82) is 0 Å². The number of hydrogen-bond acceptors (Lipinski definition) is 5. The number of rotatable bonds is 4. The first-order chi connectivity index (χ1) is 13.1. The predicted molar refractivity (Wildman–Crippen MR) is 104 cm³/mol. The first kappa shape index (κ1) is 17.9. The molecule has 6 nitrogen and oxygen atoms in total. The lowest BCUT2D eigenvalue weighted by Gasteiger charge is -2.31. The van der Waals surface area contributed by atoms with E-state index in [4.69, 9.17) is 16.0 Å². The number of aromatic amines is 1. The van der Waals surface area contributed by atoms with E-state index in [1.54, 1.807) is 6.07 Å². The molecule has 0 radical (unpaired) electrons. The summed E-state index contributed by atoms with van der Waals surface area (Å²) in [6, 6.07) is 9.12. The minimum atomic E-state index is -0.101. The molecule has 0 unspecified atom stereocenters. The van der Waals surface area contributed by atoms with Gasteiger partial charge in [0, 0.05) is 35.7 Å². The molecule has 27 heavy (non-hydrogen) atoms. The van der Waals surface area contributed by atoms with E-state index in [-0.39, 0.29) is 11.5 Å². The number of aromatic nitrogens is 3. The van der Waals surface area contributed by atoms with Crippen LogP contribution in [-0.2, 0) is 6.54 Å². The normalized spacial score (nSPS) is 17.9. The van der Waals surface area contributed by atoms with Crippen molar-refractivity contribution in [3.8, 4) is 11.5 Å². The molecule has 140 valence electrons. The zero-order valence-electron chi connectivity index (χ0n) is 15.1. The Morgan fingerprint density at radius 1 is 1.37 bits per heavy atom. The van der Waals surface area contributed by atoms with Gasteiger partial charge in [-0.05, 0) is 44.5 Å². The smallest absolute Gasteiger partial charge is 0.250 e. The van der Waals surface area contributed by atoms with Crippen molar-refractivity contribution in [2.75, 3.05) is 13.1 Å². The topological polar surface area (TPSA) is 75.0 Å². The second-order valence-corrected chi connectivity index (χ2v) is 7.38. The van der Waals surface area contributed by atoms with Gasteiger partial charge in [-0.15, -0.1) is 0 Å². The van der Waals surface area contributed by atoms with Gasteiger partial charge in [0.25, 0.3) is 5.56 Å². The van der Waals surface area contributed by atoms with Gasteiger partial charge in [-0.1, -0.05) is 17.7 Å². The Balaban J connectivity index is 1.50. The predicted octanol–water partition coefficient (Wildman–Crippen LogP) is 3.77. The molecule has 0 aliphatic carbocycles. The lowest BCUT2D eigenvalue weighted by atomic mass is 9.94. The molecule has 0 bridgehead atoms. The quantitative estimate of drug-likeness (QED) is 0.741. The summed E-state index contributed by atoms with van der Waals surface area (Å²) in [7, 11) is 0. The number of H-pyrrole nitrogens is 1. The van der Waals surface area contributed by atoms with Crippen LogP contribution in [0.5, 0.6) is 0 Å². The van der Waals surface area contributed by atoms with Crippen molar-refractivity contribution in [3.63, 3.8) is 0 Å². The molecule has 1 saturated heterocycles. The molecule has 0 spiro atoms. The highest BCUT2D eigenvalue weighted by molar-refractivity contribution is 6.30. The standard InChI is InChI=1S/C20H21ClN4O2/c1-13-18(24-20(27-13)14-4-2-6-16(21)8-14)11-25-7-3-5-15(10-25)17-9-19(26)23-12-22-17/h2,4,6,8-9,12,15H,3,5,7,10-11H2,1H3,(H,22,23,26)/t15-/m1/s1. The average Bonchev–Trinajstić information content (AvgIpc) is 3.03. The van der Waals surface area contributed by atoms with Crippen LogP contribution in [0, 0.1) is 6.92 Å². The van der Waals surface area contributed by atoms with Gasteiger partial charge in [-0.25, -0.2) is 9.97 Å². The van der Waals surface area contributed by atoms with Gasteiger partial charge in [0.05, 0.1) is 17.7 Å². The third kappa shape index (κ3) is 4.12. The van der Waals surface area contributed by atoms with Crippen LogP contribution >= 0.6 is 11.6 Å². The molecule has 3 aromatic rings. The van der Waals surface area contributed by atoms with E-state index in [9.17, 15) is 4.79 Å². The summed E-state index contributed by atoms with van der Waals surface area (Å²) in [5.74, 6) is 1.68. The van der Waals surface area contributed by atoms with Crippen LogP contribution in [0.4, 0.5) is 0 Å². The lowest BCUT2D eigenvalue weighted by molar-refractivity contribution is 0.195. The number of nitrogens with one attached hydrogen (secondary N) is 1. The SMILES string of the molecule is Cc1oc(-c2cccc(Cl)c2)nc1CN1CCC[C@@H](c2cc(=O)[nH]cn2)C1. The molecule has 1 atom stereocenters.